The molecule has 0 bridgehead atoms. The van der Waals surface area contributed by atoms with E-state index in [9.17, 15) is 13.8 Å². The molecule has 0 aliphatic carbocycles. The van der Waals surface area contributed by atoms with Gasteiger partial charge in [0.2, 0.25) is 0 Å². The first-order chi connectivity index (χ1) is 16.9. The number of hydrogen-bond donors (Lipinski definition) is 3. The van der Waals surface area contributed by atoms with Crippen molar-refractivity contribution in [2.75, 3.05) is 10.8 Å². The van der Waals surface area contributed by atoms with Gasteiger partial charge in [-0.2, -0.15) is 0 Å². The number of H-pyrrole nitrogens is 1. The molecule has 0 saturated heterocycles. The molecule has 35 heavy (non-hydrogen) atoms. The number of rotatable bonds is 9. The molecule has 9 heteroatoms. The quantitative estimate of drug-likeness (QED) is 0.330. The van der Waals surface area contributed by atoms with E-state index in [2.05, 4.69) is 15.3 Å². The SMILES string of the molecule is Cc1ccccc1S(=O)N(Cc1cnc[nH]1)c1ccc(C(=O)NCC(=O)O)c(-c2ccccc2)c1. The predicted molar refractivity (Wildman–Crippen MR) is 134 cm³/mol. The number of carbonyl (C=O) groups is 2. The fourth-order valence-corrected chi connectivity index (χ4v) is 4.97. The Morgan fingerprint density at radius 2 is 1.80 bits per heavy atom. The molecule has 4 aromatic rings. The zero-order chi connectivity index (χ0) is 24.8. The lowest BCUT2D eigenvalue weighted by atomic mass is 9.98. The fourth-order valence-electron chi connectivity index (χ4n) is 3.64. The number of carbonyl (C=O) groups excluding carboxylic acids is 1. The van der Waals surface area contributed by atoms with Gasteiger partial charge in [-0.15, -0.1) is 0 Å². The molecule has 4 rings (SSSR count). The molecule has 178 valence electrons. The van der Waals surface area contributed by atoms with Gasteiger partial charge in [-0.05, 0) is 47.9 Å². The largest absolute Gasteiger partial charge is 0.480 e. The number of aliphatic carboxylic acids is 1. The molecule has 1 amide bonds. The zero-order valence-electron chi connectivity index (χ0n) is 19.0. The van der Waals surface area contributed by atoms with Crippen molar-refractivity contribution in [1.29, 1.82) is 0 Å². The maximum absolute atomic E-state index is 13.8. The molecular weight excluding hydrogens is 464 g/mol. The maximum atomic E-state index is 13.8. The first kappa shape index (κ1) is 23.9. The monoisotopic (exact) mass is 488 g/mol. The minimum absolute atomic E-state index is 0.291. The third-order valence-corrected chi connectivity index (χ3v) is 6.95. The van der Waals surface area contributed by atoms with E-state index in [1.54, 1.807) is 35.0 Å². The predicted octanol–water partition coefficient (Wildman–Crippen LogP) is 3.93. The normalized spacial score (nSPS) is 11.6. The van der Waals surface area contributed by atoms with Crippen LogP contribution in [-0.2, 0) is 22.3 Å². The van der Waals surface area contributed by atoms with Crippen LogP contribution in [0.5, 0.6) is 0 Å². The average molecular weight is 489 g/mol. The highest BCUT2D eigenvalue weighted by Gasteiger charge is 2.22. The van der Waals surface area contributed by atoms with Crippen LogP contribution in [0.4, 0.5) is 5.69 Å². The van der Waals surface area contributed by atoms with Gasteiger partial charge >= 0.3 is 5.97 Å². The number of nitrogens with zero attached hydrogens (tertiary/aromatic N) is 2. The Morgan fingerprint density at radius 1 is 1.06 bits per heavy atom. The summed E-state index contributed by atoms with van der Waals surface area (Å²) in [5.41, 5.74) is 4.00. The summed E-state index contributed by atoms with van der Waals surface area (Å²) in [7, 11) is -1.55. The minimum atomic E-state index is -1.55. The van der Waals surface area contributed by atoms with Gasteiger partial charge in [-0.1, -0.05) is 48.5 Å². The van der Waals surface area contributed by atoms with E-state index < -0.39 is 29.4 Å². The number of imidazole rings is 1. The Balaban J connectivity index is 1.81. The van der Waals surface area contributed by atoms with Crippen molar-refractivity contribution in [3.05, 3.63) is 102 Å². The zero-order valence-corrected chi connectivity index (χ0v) is 19.8. The number of carboxylic acid groups (broad SMARTS) is 1. The van der Waals surface area contributed by atoms with Crippen molar-refractivity contribution in [1.82, 2.24) is 15.3 Å². The van der Waals surface area contributed by atoms with Crippen molar-refractivity contribution in [2.45, 2.75) is 18.4 Å². The van der Waals surface area contributed by atoms with E-state index in [1.165, 1.54) is 0 Å². The number of aryl methyl sites for hydroxylation is 1. The molecule has 0 saturated carbocycles. The summed E-state index contributed by atoms with van der Waals surface area (Å²) in [6.07, 6.45) is 3.24. The van der Waals surface area contributed by atoms with Gasteiger partial charge in [0, 0.05) is 11.8 Å². The summed E-state index contributed by atoms with van der Waals surface area (Å²) in [6.45, 7) is 1.71. The van der Waals surface area contributed by atoms with Gasteiger partial charge < -0.3 is 15.4 Å². The number of carboxylic acids is 1. The maximum Gasteiger partial charge on any atom is 0.322 e. The summed E-state index contributed by atoms with van der Waals surface area (Å²) < 4.78 is 15.5. The standard InChI is InChI=1S/C26H24N4O4S/c1-18-7-5-6-10-24(18)35(34)30(16-20-14-27-17-29-20)21-11-12-22(26(33)28-15-25(31)32)23(13-21)19-8-3-2-4-9-19/h2-14,17H,15-16H2,1H3,(H,27,29)(H,28,33)(H,31,32). The molecule has 1 heterocycles. The summed E-state index contributed by atoms with van der Waals surface area (Å²) in [6, 6.07) is 21.9. The third kappa shape index (κ3) is 5.64. The topological polar surface area (TPSA) is 115 Å². The summed E-state index contributed by atoms with van der Waals surface area (Å²) >= 11 is 0. The molecule has 0 fully saturated rings. The van der Waals surface area contributed by atoms with Crippen molar-refractivity contribution < 1.29 is 18.9 Å². The van der Waals surface area contributed by atoms with Crippen LogP contribution in [-0.4, -0.2) is 37.7 Å². The van der Waals surface area contributed by atoms with Crippen LogP contribution in [0, 0.1) is 6.92 Å². The van der Waals surface area contributed by atoms with Crippen molar-refractivity contribution in [3.63, 3.8) is 0 Å². The van der Waals surface area contributed by atoms with Crippen LogP contribution in [0.15, 0.2) is 90.2 Å². The highest BCUT2D eigenvalue weighted by Crippen LogP contribution is 2.32. The fraction of sp³-hybridized carbons (Fsp3) is 0.115. The molecule has 0 radical (unpaired) electrons. The molecular formula is C26H24N4O4S. The highest BCUT2D eigenvalue weighted by atomic mass is 32.2. The molecule has 3 N–H and O–H groups in total. The van der Waals surface area contributed by atoms with Gasteiger partial charge in [0.1, 0.15) is 6.54 Å². The third-order valence-electron chi connectivity index (χ3n) is 5.37. The second kappa shape index (κ2) is 10.8. The Bertz CT molecular complexity index is 1360. The van der Waals surface area contributed by atoms with Crippen LogP contribution in [0.3, 0.4) is 0 Å². The molecule has 0 aliphatic rings. The van der Waals surface area contributed by atoms with Gasteiger partial charge in [0.25, 0.3) is 5.91 Å². The molecule has 1 atom stereocenters. The van der Waals surface area contributed by atoms with E-state index >= 15 is 0 Å². The molecule has 0 aliphatic heterocycles. The first-order valence-corrected chi connectivity index (χ1v) is 12.0. The van der Waals surface area contributed by atoms with Crippen LogP contribution in [0.2, 0.25) is 0 Å². The molecule has 8 nitrogen and oxygen atoms in total. The second-order valence-electron chi connectivity index (χ2n) is 7.80. The number of anilines is 1. The van der Waals surface area contributed by atoms with Crippen LogP contribution in [0.25, 0.3) is 11.1 Å². The summed E-state index contributed by atoms with van der Waals surface area (Å²) in [5.74, 6) is -1.63. The van der Waals surface area contributed by atoms with E-state index in [4.69, 9.17) is 5.11 Å². The molecule has 1 unspecified atom stereocenters. The van der Waals surface area contributed by atoms with Gasteiger partial charge in [0.05, 0.1) is 29.1 Å². The lowest BCUT2D eigenvalue weighted by molar-refractivity contribution is -0.135. The number of aromatic nitrogens is 2. The van der Waals surface area contributed by atoms with Crippen LogP contribution < -0.4 is 9.62 Å². The Kier molecular flexibility index (Phi) is 7.37. The number of hydrogen-bond acceptors (Lipinski definition) is 4. The summed E-state index contributed by atoms with van der Waals surface area (Å²) in [4.78, 5) is 31.6. The van der Waals surface area contributed by atoms with Crippen LogP contribution >= 0.6 is 0 Å². The number of benzene rings is 3. The lowest BCUT2D eigenvalue weighted by Gasteiger charge is -2.25. The van der Waals surface area contributed by atoms with Crippen molar-refractivity contribution >= 4 is 28.5 Å². The van der Waals surface area contributed by atoms with Gasteiger partial charge in [-0.25, -0.2) is 9.19 Å². The Hall–Kier alpha value is -4.24. The van der Waals surface area contributed by atoms with Gasteiger partial charge in [-0.3, -0.25) is 13.9 Å². The minimum Gasteiger partial charge on any atom is -0.480 e. The highest BCUT2D eigenvalue weighted by molar-refractivity contribution is 7.86. The van der Waals surface area contributed by atoms with E-state index in [0.717, 1.165) is 16.8 Å². The Morgan fingerprint density at radius 3 is 2.49 bits per heavy atom. The van der Waals surface area contributed by atoms with E-state index in [-0.39, 0.29) is 0 Å². The molecule has 0 spiro atoms. The van der Waals surface area contributed by atoms with Crippen LogP contribution in [0.1, 0.15) is 21.6 Å². The smallest absolute Gasteiger partial charge is 0.322 e. The van der Waals surface area contributed by atoms with Crippen molar-refractivity contribution in [2.24, 2.45) is 0 Å². The average Bonchev–Trinajstić information content (AvgIpc) is 3.39. The van der Waals surface area contributed by atoms with Crippen molar-refractivity contribution in [3.8, 4) is 11.1 Å². The first-order valence-electron chi connectivity index (χ1n) is 10.9. The van der Waals surface area contributed by atoms with E-state index in [1.807, 2.05) is 61.5 Å². The van der Waals surface area contributed by atoms with Gasteiger partial charge in [0.15, 0.2) is 11.0 Å². The lowest BCUT2D eigenvalue weighted by Crippen LogP contribution is -2.30. The molecule has 3 aromatic carbocycles. The molecule has 1 aromatic heterocycles. The Labute approximate surface area is 205 Å². The summed E-state index contributed by atoms with van der Waals surface area (Å²) in [5, 5.41) is 11.4. The number of amides is 1. The second-order valence-corrected chi connectivity index (χ2v) is 9.18. The van der Waals surface area contributed by atoms with E-state index in [0.29, 0.717) is 28.3 Å². The number of aromatic amines is 1. The number of nitrogens with one attached hydrogen (secondary N) is 2.